The minimum absolute atomic E-state index is 0.0697. The molecule has 12 heteroatoms. The Hall–Kier alpha value is -0.930. The van der Waals surface area contributed by atoms with Gasteiger partial charge in [-0.05, 0) is 6.42 Å². The fraction of sp³-hybridized carbons (Fsp3) is 0.962. The summed E-state index contributed by atoms with van der Waals surface area (Å²) in [5.41, 5.74) is 0. The van der Waals surface area contributed by atoms with Crippen LogP contribution in [0, 0.1) is 5.92 Å². The summed E-state index contributed by atoms with van der Waals surface area (Å²) in [6, 6.07) is 0. The summed E-state index contributed by atoms with van der Waals surface area (Å²) in [5, 5.41) is 0. The van der Waals surface area contributed by atoms with E-state index in [1.54, 1.807) is 7.11 Å². The normalized spacial score (nSPS) is 12.2. The van der Waals surface area contributed by atoms with Crippen molar-refractivity contribution >= 4 is 5.97 Å². The van der Waals surface area contributed by atoms with Gasteiger partial charge in [0.15, 0.2) is 0 Å². The monoisotopic (exact) mass is 556 g/mol. The van der Waals surface area contributed by atoms with Gasteiger partial charge in [0.05, 0.1) is 131 Å². The van der Waals surface area contributed by atoms with Crippen molar-refractivity contribution in [1.29, 1.82) is 0 Å². The van der Waals surface area contributed by atoms with Gasteiger partial charge < -0.3 is 52.1 Å². The zero-order valence-electron chi connectivity index (χ0n) is 23.8. The highest BCUT2D eigenvalue weighted by Crippen LogP contribution is 2.02. The second-order valence-electron chi connectivity index (χ2n) is 7.98. The number of rotatable bonds is 32. The van der Waals surface area contributed by atoms with Crippen LogP contribution in [0.15, 0.2) is 0 Å². The predicted molar refractivity (Wildman–Crippen MR) is 140 cm³/mol. The Labute approximate surface area is 228 Å². The van der Waals surface area contributed by atoms with Gasteiger partial charge in [0, 0.05) is 7.11 Å². The van der Waals surface area contributed by atoms with Crippen LogP contribution in [0.1, 0.15) is 20.3 Å². The molecule has 0 amide bonds. The predicted octanol–water partition coefficient (Wildman–Crippen LogP) is 1.37. The molecule has 0 heterocycles. The molecule has 0 aromatic carbocycles. The zero-order valence-corrected chi connectivity index (χ0v) is 23.8. The number of methoxy groups -OCH3 is 1. The summed E-state index contributed by atoms with van der Waals surface area (Å²) >= 11 is 0. The maximum atomic E-state index is 11.5. The van der Waals surface area contributed by atoms with Gasteiger partial charge in [0.2, 0.25) is 0 Å². The topological polar surface area (TPSA) is 119 Å². The number of ether oxygens (including phenoxy) is 11. The SMILES string of the molecule is CCC(C)C(=O)OCCOCCOCCOCCOCCOCCOCCOCCOCCOCCOC. The zero-order chi connectivity index (χ0) is 27.8. The third-order valence-corrected chi connectivity index (χ3v) is 4.89. The highest BCUT2D eigenvalue weighted by molar-refractivity contribution is 5.71. The lowest BCUT2D eigenvalue weighted by Gasteiger charge is -2.10. The fourth-order valence-electron chi connectivity index (χ4n) is 2.51. The lowest BCUT2D eigenvalue weighted by molar-refractivity contribution is -0.149. The van der Waals surface area contributed by atoms with Crippen LogP contribution in [0.2, 0.25) is 0 Å². The maximum absolute atomic E-state index is 11.5. The van der Waals surface area contributed by atoms with Crippen LogP contribution in [0.25, 0.3) is 0 Å². The number of carbonyl (C=O) groups excluding carboxylic acids is 1. The first-order chi connectivity index (χ1) is 18.7. The molecule has 38 heavy (non-hydrogen) atoms. The van der Waals surface area contributed by atoms with Crippen LogP contribution in [0.4, 0.5) is 0 Å². The molecule has 1 unspecified atom stereocenters. The highest BCUT2D eigenvalue weighted by Gasteiger charge is 2.11. The molecule has 0 aliphatic heterocycles. The summed E-state index contributed by atoms with van der Waals surface area (Å²) in [6.07, 6.45) is 0.774. The number of hydrogen-bond acceptors (Lipinski definition) is 12. The highest BCUT2D eigenvalue weighted by atomic mass is 16.6. The number of hydrogen-bond donors (Lipinski definition) is 0. The smallest absolute Gasteiger partial charge is 0.308 e. The summed E-state index contributed by atoms with van der Waals surface area (Å²) in [6.45, 7) is 13.7. The van der Waals surface area contributed by atoms with Crippen LogP contribution in [0.5, 0.6) is 0 Å². The van der Waals surface area contributed by atoms with Crippen LogP contribution in [-0.2, 0) is 56.9 Å². The molecule has 0 bridgehead atoms. The minimum atomic E-state index is -0.182. The van der Waals surface area contributed by atoms with Crippen molar-refractivity contribution in [3.8, 4) is 0 Å². The van der Waals surface area contributed by atoms with Crippen molar-refractivity contribution < 1.29 is 56.9 Å². The van der Waals surface area contributed by atoms with Gasteiger partial charge in [-0.3, -0.25) is 4.79 Å². The Morgan fingerprint density at radius 1 is 0.447 bits per heavy atom. The summed E-state index contributed by atoms with van der Waals surface area (Å²) in [5.74, 6) is -0.251. The molecule has 0 N–H and O–H groups in total. The van der Waals surface area contributed by atoms with Crippen molar-refractivity contribution in [2.24, 2.45) is 5.92 Å². The van der Waals surface area contributed by atoms with Crippen LogP contribution >= 0.6 is 0 Å². The van der Waals surface area contributed by atoms with E-state index in [2.05, 4.69) is 0 Å². The summed E-state index contributed by atoms with van der Waals surface area (Å²) in [7, 11) is 1.64. The minimum Gasteiger partial charge on any atom is -0.463 e. The van der Waals surface area contributed by atoms with Crippen LogP contribution in [-0.4, -0.2) is 145 Å². The van der Waals surface area contributed by atoms with Crippen LogP contribution < -0.4 is 0 Å². The van der Waals surface area contributed by atoms with E-state index in [0.717, 1.165) is 6.42 Å². The quantitative estimate of drug-likeness (QED) is 0.0879. The van der Waals surface area contributed by atoms with Gasteiger partial charge in [0.1, 0.15) is 6.61 Å². The van der Waals surface area contributed by atoms with E-state index in [1.165, 1.54) is 0 Å². The molecule has 12 nitrogen and oxygen atoms in total. The van der Waals surface area contributed by atoms with Gasteiger partial charge in [-0.2, -0.15) is 0 Å². The first-order valence-electron chi connectivity index (χ1n) is 13.6. The van der Waals surface area contributed by atoms with Gasteiger partial charge >= 0.3 is 5.97 Å². The lowest BCUT2D eigenvalue weighted by atomic mass is 10.1. The van der Waals surface area contributed by atoms with Crippen molar-refractivity contribution in [3.05, 3.63) is 0 Å². The van der Waals surface area contributed by atoms with Crippen LogP contribution in [0.3, 0.4) is 0 Å². The average Bonchev–Trinajstić information content (AvgIpc) is 2.93. The summed E-state index contributed by atoms with van der Waals surface area (Å²) < 4.78 is 58.6. The molecule has 0 spiro atoms. The third-order valence-electron chi connectivity index (χ3n) is 4.89. The van der Waals surface area contributed by atoms with E-state index < -0.39 is 0 Å². The molecule has 0 aliphatic rings. The van der Waals surface area contributed by atoms with Gasteiger partial charge in [-0.25, -0.2) is 0 Å². The number of esters is 1. The van der Waals surface area contributed by atoms with E-state index in [-0.39, 0.29) is 18.5 Å². The van der Waals surface area contributed by atoms with E-state index >= 15 is 0 Å². The average molecular weight is 557 g/mol. The largest absolute Gasteiger partial charge is 0.463 e. The molecule has 0 saturated carbocycles. The standard InChI is InChI=1S/C26H52O12/c1-4-25(2)26(27)38-24-23-37-22-21-36-20-19-35-18-17-34-16-15-33-14-13-32-12-11-31-10-9-30-8-7-29-6-5-28-3/h25H,4-24H2,1-3H3. The number of carbonyl (C=O) groups is 1. The Balaban J connectivity index is 3.07. The Morgan fingerprint density at radius 3 is 0.921 bits per heavy atom. The molecule has 0 aromatic heterocycles. The van der Waals surface area contributed by atoms with E-state index in [1.807, 2.05) is 13.8 Å². The molecular weight excluding hydrogens is 504 g/mol. The molecule has 0 fully saturated rings. The Kier molecular flexibility index (Phi) is 31.5. The van der Waals surface area contributed by atoms with Crippen molar-refractivity contribution in [2.45, 2.75) is 20.3 Å². The first kappa shape index (κ1) is 37.1. The first-order valence-corrected chi connectivity index (χ1v) is 13.6. The van der Waals surface area contributed by atoms with Crippen molar-refractivity contribution in [2.75, 3.05) is 139 Å². The second-order valence-corrected chi connectivity index (χ2v) is 7.98. The molecule has 0 saturated heterocycles. The van der Waals surface area contributed by atoms with E-state index in [0.29, 0.717) is 126 Å². The summed E-state index contributed by atoms with van der Waals surface area (Å²) in [4.78, 5) is 11.5. The molecule has 228 valence electrons. The van der Waals surface area contributed by atoms with Gasteiger partial charge in [-0.1, -0.05) is 13.8 Å². The van der Waals surface area contributed by atoms with Crippen molar-refractivity contribution in [3.63, 3.8) is 0 Å². The second kappa shape index (κ2) is 32.3. The Bertz CT molecular complexity index is 470. The molecule has 0 rings (SSSR count). The molecule has 1 atom stereocenters. The Morgan fingerprint density at radius 2 is 0.684 bits per heavy atom. The third kappa shape index (κ3) is 29.6. The van der Waals surface area contributed by atoms with Gasteiger partial charge in [-0.15, -0.1) is 0 Å². The van der Waals surface area contributed by atoms with Gasteiger partial charge in [0.25, 0.3) is 0 Å². The molecule has 0 radical (unpaired) electrons. The fourth-order valence-corrected chi connectivity index (χ4v) is 2.51. The maximum Gasteiger partial charge on any atom is 0.308 e. The van der Waals surface area contributed by atoms with Crippen molar-refractivity contribution in [1.82, 2.24) is 0 Å². The molecule has 0 aromatic rings. The lowest BCUT2D eigenvalue weighted by Crippen LogP contribution is -2.18. The van der Waals surface area contributed by atoms with E-state index in [4.69, 9.17) is 52.1 Å². The molecular formula is C26H52O12. The molecule has 0 aliphatic carbocycles. The van der Waals surface area contributed by atoms with E-state index in [9.17, 15) is 4.79 Å².